The van der Waals surface area contributed by atoms with Crippen LogP contribution in [-0.4, -0.2) is 41.5 Å². The van der Waals surface area contributed by atoms with E-state index in [-0.39, 0.29) is 11.9 Å². The number of amides is 1. The number of carbonyl (C=O) groups excluding carboxylic acids is 1. The second kappa shape index (κ2) is 10.9. The smallest absolute Gasteiger partial charge is 0.221 e. The SMILES string of the molecule is CCCCN(CCC(=O)NC(C)C)c1nc(Cc2cccc(OC)c2)ns1. The van der Waals surface area contributed by atoms with E-state index in [0.717, 1.165) is 41.7 Å². The summed E-state index contributed by atoms with van der Waals surface area (Å²) in [4.78, 5) is 18.9. The van der Waals surface area contributed by atoms with Crippen LogP contribution in [0, 0.1) is 0 Å². The van der Waals surface area contributed by atoms with Crippen molar-refractivity contribution in [2.75, 3.05) is 25.1 Å². The minimum Gasteiger partial charge on any atom is -0.497 e. The summed E-state index contributed by atoms with van der Waals surface area (Å²) < 4.78 is 9.80. The molecule has 0 fully saturated rings. The lowest BCUT2D eigenvalue weighted by Gasteiger charge is -2.21. The molecule has 0 unspecified atom stereocenters. The number of nitrogens with zero attached hydrogens (tertiary/aromatic N) is 3. The van der Waals surface area contributed by atoms with E-state index >= 15 is 0 Å². The Hall–Kier alpha value is -2.15. The van der Waals surface area contributed by atoms with E-state index in [4.69, 9.17) is 9.72 Å². The molecule has 0 aliphatic carbocycles. The first-order valence-electron chi connectivity index (χ1n) is 9.51. The van der Waals surface area contributed by atoms with Crippen molar-refractivity contribution in [2.45, 2.75) is 52.5 Å². The number of rotatable bonds is 11. The molecule has 27 heavy (non-hydrogen) atoms. The Bertz CT molecular complexity index is 718. The molecule has 0 radical (unpaired) electrons. The summed E-state index contributed by atoms with van der Waals surface area (Å²) in [6.45, 7) is 7.66. The van der Waals surface area contributed by atoms with Gasteiger partial charge in [0.15, 0.2) is 0 Å². The van der Waals surface area contributed by atoms with Crippen molar-refractivity contribution in [3.63, 3.8) is 0 Å². The highest BCUT2D eigenvalue weighted by atomic mass is 32.1. The molecule has 7 heteroatoms. The van der Waals surface area contributed by atoms with Crippen LogP contribution >= 0.6 is 11.5 Å². The van der Waals surface area contributed by atoms with Crippen LogP contribution < -0.4 is 15.0 Å². The molecule has 0 saturated heterocycles. The molecule has 0 bridgehead atoms. The van der Waals surface area contributed by atoms with Crippen LogP contribution in [0.3, 0.4) is 0 Å². The summed E-state index contributed by atoms with van der Waals surface area (Å²) in [5.74, 6) is 1.72. The number of unbranched alkanes of at least 4 members (excludes halogenated alkanes) is 1. The lowest BCUT2D eigenvalue weighted by atomic mass is 10.1. The van der Waals surface area contributed by atoms with Crippen molar-refractivity contribution in [2.24, 2.45) is 0 Å². The van der Waals surface area contributed by atoms with Crippen molar-refractivity contribution >= 4 is 22.6 Å². The molecular formula is C20H30N4O2S. The fourth-order valence-corrected chi connectivity index (χ4v) is 3.43. The molecule has 148 valence electrons. The summed E-state index contributed by atoms with van der Waals surface area (Å²) >= 11 is 1.40. The molecule has 0 spiro atoms. The Labute approximate surface area is 166 Å². The van der Waals surface area contributed by atoms with Gasteiger partial charge in [-0.25, -0.2) is 4.98 Å². The van der Waals surface area contributed by atoms with E-state index in [1.54, 1.807) is 7.11 Å². The molecule has 1 aromatic carbocycles. The highest BCUT2D eigenvalue weighted by Gasteiger charge is 2.15. The van der Waals surface area contributed by atoms with Crippen LogP contribution in [0.25, 0.3) is 0 Å². The van der Waals surface area contributed by atoms with Gasteiger partial charge >= 0.3 is 0 Å². The number of aromatic nitrogens is 2. The average Bonchev–Trinajstić information content (AvgIpc) is 3.09. The number of benzene rings is 1. The van der Waals surface area contributed by atoms with E-state index in [2.05, 4.69) is 21.5 Å². The highest BCUT2D eigenvalue weighted by molar-refractivity contribution is 7.09. The van der Waals surface area contributed by atoms with Crippen LogP contribution in [0.5, 0.6) is 5.75 Å². The first-order chi connectivity index (χ1) is 13.0. The first-order valence-corrected chi connectivity index (χ1v) is 10.3. The molecule has 2 aromatic rings. The van der Waals surface area contributed by atoms with Gasteiger partial charge in [0.05, 0.1) is 7.11 Å². The number of hydrogen-bond donors (Lipinski definition) is 1. The molecule has 0 atom stereocenters. The second-order valence-corrected chi connectivity index (χ2v) is 7.56. The fourth-order valence-electron chi connectivity index (χ4n) is 2.69. The van der Waals surface area contributed by atoms with Gasteiger partial charge in [-0.3, -0.25) is 4.79 Å². The maximum Gasteiger partial charge on any atom is 0.221 e. The number of ether oxygens (including phenoxy) is 1. The van der Waals surface area contributed by atoms with Gasteiger partial charge in [0.25, 0.3) is 0 Å². The lowest BCUT2D eigenvalue weighted by molar-refractivity contribution is -0.121. The van der Waals surface area contributed by atoms with Crippen molar-refractivity contribution in [3.05, 3.63) is 35.7 Å². The number of methoxy groups -OCH3 is 1. The highest BCUT2D eigenvalue weighted by Crippen LogP contribution is 2.21. The maximum atomic E-state index is 12.0. The number of hydrogen-bond acceptors (Lipinski definition) is 6. The van der Waals surface area contributed by atoms with E-state index in [0.29, 0.717) is 19.4 Å². The zero-order valence-corrected chi connectivity index (χ0v) is 17.5. The summed E-state index contributed by atoms with van der Waals surface area (Å²) in [6.07, 6.45) is 3.30. The van der Waals surface area contributed by atoms with Crippen LogP contribution in [-0.2, 0) is 11.2 Å². The largest absolute Gasteiger partial charge is 0.497 e. The summed E-state index contributed by atoms with van der Waals surface area (Å²) in [5.41, 5.74) is 1.12. The molecule has 0 aliphatic heterocycles. The standard InChI is InChI=1S/C20H30N4O2S/c1-5-6-11-24(12-10-19(25)21-15(2)3)20-22-18(23-27-20)14-16-8-7-9-17(13-16)26-4/h7-9,13,15H,5-6,10-12,14H2,1-4H3,(H,21,25). The van der Waals surface area contributed by atoms with Gasteiger partial charge in [0, 0.05) is 43.5 Å². The Morgan fingerprint density at radius 2 is 2.15 bits per heavy atom. The predicted molar refractivity (Wildman–Crippen MR) is 111 cm³/mol. The minimum atomic E-state index is 0.0765. The Morgan fingerprint density at radius 3 is 2.85 bits per heavy atom. The van der Waals surface area contributed by atoms with Crippen molar-refractivity contribution in [1.82, 2.24) is 14.7 Å². The van der Waals surface area contributed by atoms with Gasteiger partial charge in [0.1, 0.15) is 11.6 Å². The van der Waals surface area contributed by atoms with Gasteiger partial charge in [-0.05, 0) is 38.0 Å². The van der Waals surface area contributed by atoms with E-state index < -0.39 is 0 Å². The Balaban J connectivity index is 2.02. The molecule has 1 heterocycles. The third-order valence-electron chi connectivity index (χ3n) is 4.06. The quantitative estimate of drug-likeness (QED) is 0.634. The summed E-state index contributed by atoms with van der Waals surface area (Å²) in [7, 11) is 1.67. The Kier molecular flexibility index (Phi) is 8.51. The zero-order chi connectivity index (χ0) is 19.6. The lowest BCUT2D eigenvalue weighted by Crippen LogP contribution is -2.34. The molecule has 1 amide bonds. The maximum absolute atomic E-state index is 12.0. The molecule has 0 aliphatic rings. The molecular weight excluding hydrogens is 360 g/mol. The van der Waals surface area contributed by atoms with E-state index in [9.17, 15) is 4.79 Å². The molecule has 2 rings (SSSR count). The van der Waals surface area contributed by atoms with Gasteiger partial charge in [-0.1, -0.05) is 25.5 Å². The van der Waals surface area contributed by atoms with E-state index in [1.807, 2.05) is 38.1 Å². The van der Waals surface area contributed by atoms with Crippen LogP contribution in [0.15, 0.2) is 24.3 Å². The van der Waals surface area contributed by atoms with Gasteiger partial charge in [-0.15, -0.1) is 0 Å². The number of carbonyl (C=O) groups is 1. The normalized spacial score (nSPS) is 10.9. The first kappa shape index (κ1) is 21.2. The van der Waals surface area contributed by atoms with Gasteiger partial charge < -0.3 is 15.0 Å². The number of nitrogens with one attached hydrogen (secondary N) is 1. The van der Waals surface area contributed by atoms with Crippen molar-refractivity contribution in [3.8, 4) is 5.75 Å². The third kappa shape index (κ3) is 7.17. The summed E-state index contributed by atoms with van der Waals surface area (Å²) in [6, 6.07) is 8.12. The van der Waals surface area contributed by atoms with E-state index in [1.165, 1.54) is 11.5 Å². The zero-order valence-electron chi connectivity index (χ0n) is 16.7. The van der Waals surface area contributed by atoms with Crippen molar-refractivity contribution in [1.29, 1.82) is 0 Å². The average molecular weight is 391 g/mol. The van der Waals surface area contributed by atoms with Gasteiger partial charge in [0.2, 0.25) is 11.0 Å². The second-order valence-electron chi connectivity index (χ2n) is 6.83. The minimum absolute atomic E-state index is 0.0765. The topological polar surface area (TPSA) is 67.4 Å². The molecule has 1 aromatic heterocycles. The van der Waals surface area contributed by atoms with Gasteiger partial charge in [-0.2, -0.15) is 4.37 Å². The molecule has 6 nitrogen and oxygen atoms in total. The molecule has 1 N–H and O–H groups in total. The van der Waals surface area contributed by atoms with Crippen LogP contribution in [0.2, 0.25) is 0 Å². The Morgan fingerprint density at radius 1 is 1.33 bits per heavy atom. The van der Waals surface area contributed by atoms with Crippen LogP contribution in [0.4, 0.5) is 5.13 Å². The monoisotopic (exact) mass is 390 g/mol. The predicted octanol–water partition coefficient (Wildman–Crippen LogP) is 3.66. The fraction of sp³-hybridized carbons (Fsp3) is 0.550. The molecule has 0 saturated carbocycles. The van der Waals surface area contributed by atoms with Crippen molar-refractivity contribution < 1.29 is 9.53 Å². The summed E-state index contributed by atoms with van der Waals surface area (Å²) in [5, 5.41) is 3.83. The number of anilines is 1. The van der Waals surface area contributed by atoms with Crippen LogP contribution in [0.1, 0.15) is 51.4 Å². The third-order valence-corrected chi connectivity index (χ3v) is 4.88.